The molecule has 0 aliphatic heterocycles. The van der Waals surface area contributed by atoms with E-state index in [0.717, 1.165) is 16.7 Å². The molecule has 0 saturated heterocycles. The largest absolute Gasteiger partial charge is 0.508 e. The van der Waals surface area contributed by atoms with E-state index in [0.29, 0.717) is 0 Å². The first-order valence-electron chi connectivity index (χ1n) is 7.07. The number of allylic oxidation sites excluding steroid dienone is 4. The number of phenols is 2. The van der Waals surface area contributed by atoms with Gasteiger partial charge in [0.25, 0.3) is 0 Å². The predicted octanol–water partition coefficient (Wildman–Crippen LogP) is 4.70. The Kier molecular flexibility index (Phi) is 4.52. The van der Waals surface area contributed by atoms with E-state index in [2.05, 4.69) is 20.1 Å². The molecule has 2 aromatic rings. The molecule has 0 unspecified atom stereocenters. The van der Waals surface area contributed by atoms with Gasteiger partial charge in [0.1, 0.15) is 11.5 Å². The second-order valence-electron chi connectivity index (χ2n) is 5.28. The van der Waals surface area contributed by atoms with Crippen molar-refractivity contribution in [2.75, 3.05) is 0 Å². The second kappa shape index (κ2) is 6.35. The Morgan fingerprint density at radius 2 is 1.27 bits per heavy atom. The minimum atomic E-state index is -0.461. The highest BCUT2D eigenvalue weighted by Crippen LogP contribution is 2.40. The zero-order valence-corrected chi connectivity index (χ0v) is 12.7. The third kappa shape index (κ3) is 2.82. The molecule has 2 aromatic carbocycles. The van der Waals surface area contributed by atoms with Crippen LogP contribution >= 0.6 is 0 Å². The van der Waals surface area contributed by atoms with Gasteiger partial charge in [0.2, 0.25) is 0 Å². The molecule has 0 atom stereocenters. The van der Waals surface area contributed by atoms with E-state index in [-0.39, 0.29) is 11.5 Å². The first kappa shape index (κ1) is 15.6. The van der Waals surface area contributed by atoms with Crippen LogP contribution in [0.25, 0.3) is 0 Å². The monoisotopic (exact) mass is 292 g/mol. The third-order valence-electron chi connectivity index (χ3n) is 3.98. The summed E-state index contributed by atoms with van der Waals surface area (Å²) < 4.78 is 0. The summed E-state index contributed by atoms with van der Waals surface area (Å²) in [6.45, 7) is 9.78. The van der Waals surface area contributed by atoms with Crippen LogP contribution in [0, 0.1) is 0 Å². The van der Waals surface area contributed by atoms with Crippen LogP contribution < -0.4 is 0 Å². The molecule has 0 aliphatic carbocycles. The Labute approximate surface area is 131 Å². The SMILES string of the molecule is C=C/C=C(\C=C)C(C)(c1ccc(O)cc1)c1ccc(O)cc1. The van der Waals surface area contributed by atoms with E-state index in [1.165, 1.54) is 0 Å². The van der Waals surface area contributed by atoms with Gasteiger partial charge < -0.3 is 10.2 Å². The van der Waals surface area contributed by atoms with Crippen LogP contribution in [-0.2, 0) is 5.41 Å². The molecule has 2 nitrogen and oxygen atoms in total. The Bertz CT molecular complexity index is 646. The summed E-state index contributed by atoms with van der Waals surface area (Å²) in [6.07, 6.45) is 5.46. The summed E-state index contributed by atoms with van der Waals surface area (Å²) in [6, 6.07) is 14.2. The van der Waals surface area contributed by atoms with Gasteiger partial charge in [-0.05, 0) is 47.9 Å². The van der Waals surface area contributed by atoms with Crippen molar-refractivity contribution in [1.82, 2.24) is 0 Å². The van der Waals surface area contributed by atoms with Gasteiger partial charge >= 0.3 is 0 Å². The van der Waals surface area contributed by atoms with Gasteiger partial charge in [-0.25, -0.2) is 0 Å². The van der Waals surface area contributed by atoms with Crippen LogP contribution in [0.15, 0.2) is 85.5 Å². The Morgan fingerprint density at radius 1 is 0.864 bits per heavy atom. The maximum Gasteiger partial charge on any atom is 0.115 e. The highest BCUT2D eigenvalue weighted by Gasteiger charge is 2.31. The normalized spacial score (nSPS) is 12.0. The Hall–Kier alpha value is -2.74. The van der Waals surface area contributed by atoms with Gasteiger partial charge in [0, 0.05) is 5.41 Å². The number of phenolic OH excluding ortho intramolecular Hbond substituents is 2. The summed E-state index contributed by atoms with van der Waals surface area (Å²) in [5, 5.41) is 19.1. The van der Waals surface area contributed by atoms with E-state index < -0.39 is 5.41 Å². The van der Waals surface area contributed by atoms with E-state index in [9.17, 15) is 10.2 Å². The van der Waals surface area contributed by atoms with Gasteiger partial charge in [-0.15, -0.1) is 0 Å². The number of hydrogen-bond acceptors (Lipinski definition) is 2. The van der Waals surface area contributed by atoms with Crippen LogP contribution in [0.1, 0.15) is 18.1 Å². The van der Waals surface area contributed by atoms with Gasteiger partial charge in [-0.1, -0.05) is 55.7 Å². The molecule has 0 saturated carbocycles. The minimum absolute atomic E-state index is 0.227. The smallest absolute Gasteiger partial charge is 0.115 e. The average molecular weight is 292 g/mol. The maximum absolute atomic E-state index is 9.54. The molecule has 0 radical (unpaired) electrons. The van der Waals surface area contributed by atoms with Crippen molar-refractivity contribution in [3.63, 3.8) is 0 Å². The van der Waals surface area contributed by atoms with Crippen molar-refractivity contribution >= 4 is 0 Å². The van der Waals surface area contributed by atoms with Crippen molar-refractivity contribution in [1.29, 1.82) is 0 Å². The molecular formula is C20H20O2. The Morgan fingerprint density at radius 3 is 1.59 bits per heavy atom. The molecule has 0 heterocycles. The second-order valence-corrected chi connectivity index (χ2v) is 5.28. The van der Waals surface area contributed by atoms with Crippen molar-refractivity contribution in [3.05, 3.63) is 96.6 Å². The van der Waals surface area contributed by atoms with Crippen LogP contribution in [0.4, 0.5) is 0 Å². The lowest BCUT2D eigenvalue weighted by Gasteiger charge is -2.32. The first-order valence-corrected chi connectivity index (χ1v) is 7.07. The summed E-state index contributed by atoms with van der Waals surface area (Å²) >= 11 is 0. The Balaban J connectivity index is 2.70. The first-order chi connectivity index (χ1) is 10.5. The fourth-order valence-electron chi connectivity index (χ4n) is 2.66. The molecule has 0 bridgehead atoms. The molecule has 0 aromatic heterocycles. The molecule has 0 spiro atoms. The van der Waals surface area contributed by atoms with E-state index >= 15 is 0 Å². The van der Waals surface area contributed by atoms with Crippen molar-refractivity contribution in [2.45, 2.75) is 12.3 Å². The van der Waals surface area contributed by atoms with E-state index in [1.807, 2.05) is 30.3 Å². The highest BCUT2D eigenvalue weighted by molar-refractivity contribution is 5.53. The molecule has 0 amide bonds. The molecular weight excluding hydrogens is 272 g/mol. The van der Waals surface area contributed by atoms with E-state index in [1.54, 1.807) is 36.4 Å². The van der Waals surface area contributed by atoms with Gasteiger partial charge in [0.15, 0.2) is 0 Å². The molecule has 0 fully saturated rings. The zero-order chi connectivity index (χ0) is 16.2. The molecule has 2 N–H and O–H groups in total. The van der Waals surface area contributed by atoms with Crippen molar-refractivity contribution in [3.8, 4) is 11.5 Å². The number of hydrogen-bond donors (Lipinski definition) is 2. The lowest BCUT2D eigenvalue weighted by molar-refractivity contribution is 0.474. The standard InChI is InChI=1S/C20H20O2/c1-4-6-15(5-2)20(3,16-7-11-18(21)12-8-16)17-9-13-19(22)14-10-17/h4-14,21-22H,1-2H2,3H3/b15-6+. The number of rotatable bonds is 5. The highest BCUT2D eigenvalue weighted by atomic mass is 16.3. The summed E-state index contributed by atoms with van der Waals surface area (Å²) in [5.41, 5.74) is 2.56. The van der Waals surface area contributed by atoms with Crippen molar-refractivity contribution in [2.24, 2.45) is 0 Å². The molecule has 112 valence electrons. The third-order valence-corrected chi connectivity index (χ3v) is 3.98. The van der Waals surface area contributed by atoms with Crippen LogP contribution in [-0.4, -0.2) is 10.2 Å². The molecule has 22 heavy (non-hydrogen) atoms. The number of aromatic hydroxyl groups is 2. The van der Waals surface area contributed by atoms with Crippen LogP contribution in [0.5, 0.6) is 11.5 Å². The fourth-order valence-corrected chi connectivity index (χ4v) is 2.66. The average Bonchev–Trinajstić information content (AvgIpc) is 2.53. The summed E-state index contributed by atoms with van der Waals surface area (Å²) in [7, 11) is 0. The predicted molar refractivity (Wildman–Crippen MR) is 91.1 cm³/mol. The molecule has 2 heteroatoms. The lowest BCUT2D eigenvalue weighted by atomic mass is 9.70. The quantitative estimate of drug-likeness (QED) is 0.784. The fraction of sp³-hybridized carbons (Fsp3) is 0.100. The van der Waals surface area contributed by atoms with E-state index in [4.69, 9.17) is 0 Å². The van der Waals surface area contributed by atoms with Gasteiger partial charge in [0.05, 0.1) is 0 Å². The molecule has 0 aliphatic rings. The number of benzene rings is 2. The summed E-state index contributed by atoms with van der Waals surface area (Å²) in [5.74, 6) is 0.453. The van der Waals surface area contributed by atoms with Gasteiger partial charge in [-0.2, -0.15) is 0 Å². The molecule has 2 rings (SSSR count). The van der Waals surface area contributed by atoms with Crippen molar-refractivity contribution < 1.29 is 10.2 Å². The lowest BCUT2D eigenvalue weighted by Crippen LogP contribution is -2.25. The van der Waals surface area contributed by atoms with Crippen LogP contribution in [0.3, 0.4) is 0 Å². The summed E-state index contributed by atoms with van der Waals surface area (Å²) in [4.78, 5) is 0. The zero-order valence-electron chi connectivity index (χ0n) is 12.7. The minimum Gasteiger partial charge on any atom is -0.508 e. The maximum atomic E-state index is 9.54. The van der Waals surface area contributed by atoms with Gasteiger partial charge in [-0.3, -0.25) is 0 Å². The van der Waals surface area contributed by atoms with Crippen LogP contribution in [0.2, 0.25) is 0 Å². The topological polar surface area (TPSA) is 40.5 Å².